The van der Waals surface area contributed by atoms with Gasteiger partial charge < -0.3 is 0 Å². The van der Waals surface area contributed by atoms with Crippen LogP contribution in [0.25, 0.3) is 10.8 Å². The van der Waals surface area contributed by atoms with Gasteiger partial charge in [-0.1, -0.05) is 30.3 Å². The number of nitrogens with zero attached hydrogens (tertiary/aromatic N) is 1. The quantitative estimate of drug-likeness (QED) is 0.647. The third-order valence-corrected chi connectivity index (χ3v) is 3.48. The molecule has 1 heteroatoms. The Hall–Kier alpha value is -1.81. The van der Waals surface area contributed by atoms with Gasteiger partial charge in [0.05, 0.1) is 5.56 Å². The van der Waals surface area contributed by atoms with Crippen LogP contribution in [0.4, 0.5) is 0 Å². The molecule has 0 saturated carbocycles. The topological polar surface area (TPSA) is 23.8 Å². The lowest BCUT2D eigenvalue weighted by atomic mass is 9.85. The summed E-state index contributed by atoms with van der Waals surface area (Å²) in [6.07, 6.45) is 4.69. The molecule has 0 radical (unpaired) electrons. The maximum absolute atomic E-state index is 9.34. The van der Waals surface area contributed by atoms with Gasteiger partial charge in [-0.05, 0) is 47.6 Å². The average molecular weight is 207 g/mol. The molecule has 2 aromatic carbocycles. The van der Waals surface area contributed by atoms with E-state index >= 15 is 0 Å². The Morgan fingerprint density at radius 2 is 1.88 bits per heavy atom. The van der Waals surface area contributed by atoms with Gasteiger partial charge in [0, 0.05) is 0 Å². The monoisotopic (exact) mass is 207 g/mol. The van der Waals surface area contributed by atoms with Gasteiger partial charge in [0.25, 0.3) is 0 Å². The van der Waals surface area contributed by atoms with Crippen LogP contribution < -0.4 is 0 Å². The zero-order chi connectivity index (χ0) is 11.0. The minimum absolute atomic E-state index is 0.910. The summed E-state index contributed by atoms with van der Waals surface area (Å²) in [7, 11) is 0. The molecule has 0 aromatic heterocycles. The number of rotatable bonds is 0. The Bertz CT molecular complexity index is 590. The number of hydrogen-bond acceptors (Lipinski definition) is 1. The lowest BCUT2D eigenvalue weighted by Crippen LogP contribution is -2.05. The van der Waals surface area contributed by atoms with E-state index in [0.717, 1.165) is 23.8 Å². The molecule has 78 valence electrons. The summed E-state index contributed by atoms with van der Waals surface area (Å²) < 4.78 is 0. The van der Waals surface area contributed by atoms with Gasteiger partial charge >= 0.3 is 0 Å². The highest BCUT2D eigenvalue weighted by Crippen LogP contribution is 2.30. The first-order valence-corrected chi connectivity index (χ1v) is 5.84. The van der Waals surface area contributed by atoms with Crippen molar-refractivity contribution < 1.29 is 0 Å². The van der Waals surface area contributed by atoms with E-state index in [0.29, 0.717) is 0 Å². The van der Waals surface area contributed by atoms with Gasteiger partial charge in [0.15, 0.2) is 0 Å². The Balaban J connectivity index is 2.41. The fraction of sp³-hybridized carbons (Fsp3) is 0.267. The molecule has 3 rings (SSSR count). The minimum atomic E-state index is 0.910. The first-order chi connectivity index (χ1) is 7.90. The molecule has 16 heavy (non-hydrogen) atoms. The van der Waals surface area contributed by atoms with Crippen molar-refractivity contribution in [3.8, 4) is 6.07 Å². The first-order valence-electron chi connectivity index (χ1n) is 5.84. The van der Waals surface area contributed by atoms with Crippen molar-refractivity contribution >= 4 is 10.8 Å². The van der Waals surface area contributed by atoms with Crippen LogP contribution in [-0.2, 0) is 12.8 Å². The molecule has 0 amide bonds. The molecule has 0 bridgehead atoms. The van der Waals surface area contributed by atoms with Crippen LogP contribution in [0.3, 0.4) is 0 Å². The SMILES string of the molecule is N#Cc1c2c(cc3ccccc13)CCCC2. The van der Waals surface area contributed by atoms with Crippen molar-refractivity contribution in [2.45, 2.75) is 25.7 Å². The van der Waals surface area contributed by atoms with Crippen molar-refractivity contribution in [2.75, 3.05) is 0 Å². The van der Waals surface area contributed by atoms with Crippen LogP contribution in [0.15, 0.2) is 30.3 Å². The van der Waals surface area contributed by atoms with Crippen molar-refractivity contribution in [3.63, 3.8) is 0 Å². The third kappa shape index (κ3) is 1.31. The fourth-order valence-electron chi connectivity index (χ4n) is 2.70. The molecule has 0 saturated heterocycles. The largest absolute Gasteiger partial charge is 0.192 e. The van der Waals surface area contributed by atoms with Crippen LogP contribution in [0.5, 0.6) is 0 Å². The highest BCUT2D eigenvalue weighted by atomic mass is 14.3. The number of hydrogen-bond donors (Lipinski definition) is 0. The second-order valence-corrected chi connectivity index (χ2v) is 4.43. The highest BCUT2D eigenvalue weighted by molar-refractivity contribution is 5.90. The van der Waals surface area contributed by atoms with Crippen molar-refractivity contribution in [1.29, 1.82) is 5.26 Å². The van der Waals surface area contributed by atoms with Gasteiger partial charge in [-0.25, -0.2) is 0 Å². The van der Waals surface area contributed by atoms with Crippen LogP contribution >= 0.6 is 0 Å². The minimum Gasteiger partial charge on any atom is -0.192 e. The van der Waals surface area contributed by atoms with Crippen LogP contribution in [0.1, 0.15) is 29.5 Å². The number of fused-ring (bicyclic) bond motifs is 2. The molecule has 1 aliphatic carbocycles. The van der Waals surface area contributed by atoms with Crippen molar-refractivity contribution in [3.05, 3.63) is 47.0 Å². The summed E-state index contributed by atoms with van der Waals surface area (Å²) >= 11 is 0. The number of aryl methyl sites for hydroxylation is 1. The number of nitriles is 1. The molecular weight excluding hydrogens is 194 g/mol. The summed E-state index contributed by atoms with van der Waals surface area (Å²) in [5.74, 6) is 0. The Kier molecular flexibility index (Phi) is 2.15. The van der Waals surface area contributed by atoms with E-state index in [4.69, 9.17) is 0 Å². The summed E-state index contributed by atoms with van der Waals surface area (Å²) in [5, 5.41) is 11.7. The van der Waals surface area contributed by atoms with Gasteiger partial charge in [-0.3, -0.25) is 0 Å². The molecule has 0 spiro atoms. The molecule has 0 heterocycles. The molecule has 1 nitrogen and oxygen atoms in total. The first kappa shape index (κ1) is 9.42. The second kappa shape index (κ2) is 3.64. The van der Waals surface area contributed by atoms with Crippen LogP contribution in [0.2, 0.25) is 0 Å². The van der Waals surface area contributed by atoms with E-state index in [2.05, 4.69) is 24.3 Å². The smallest absolute Gasteiger partial charge is 0.100 e. The number of benzene rings is 2. The molecule has 2 aromatic rings. The van der Waals surface area contributed by atoms with Crippen LogP contribution in [0, 0.1) is 11.3 Å². The lowest BCUT2D eigenvalue weighted by Gasteiger charge is -2.18. The van der Waals surface area contributed by atoms with Crippen molar-refractivity contribution in [2.24, 2.45) is 0 Å². The summed E-state index contributed by atoms with van der Waals surface area (Å²) in [4.78, 5) is 0. The van der Waals surface area contributed by atoms with E-state index in [1.807, 2.05) is 12.1 Å². The Morgan fingerprint density at radius 1 is 1.06 bits per heavy atom. The predicted octanol–water partition coefficient (Wildman–Crippen LogP) is 3.59. The molecule has 0 atom stereocenters. The molecular formula is C15H13N. The van der Waals surface area contributed by atoms with E-state index in [1.165, 1.54) is 29.4 Å². The standard InChI is InChI=1S/C15H13N/c16-10-15-13-7-3-1-5-11(13)9-12-6-2-4-8-14(12)15/h1,3,5,7,9H,2,4,6,8H2. The fourth-order valence-corrected chi connectivity index (χ4v) is 2.70. The average Bonchev–Trinajstić information content (AvgIpc) is 2.36. The Labute approximate surface area is 95.3 Å². The van der Waals surface area contributed by atoms with Gasteiger partial charge in [-0.15, -0.1) is 0 Å². The highest BCUT2D eigenvalue weighted by Gasteiger charge is 2.15. The summed E-state index contributed by atoms with van der Waals surface area (Å²) in [6.45, 7) is 0. The van der Waals surface area contributed by atoms with E-state index < -0.39 is 0 Å². The predicted molar refractivity (Wildman–Crippen MR) is 65.3 cm³/mol. The van der Waals surface area contributed by atoms with E-state index in [9.17, 15) is 5.26 Å². The Morgan fingerprint density at radius 3 is 2.75 bits per heavy atom. The molecule has 1 aliphatic rings. The maximum atomic E-state index is 9.34. The molecule has 0 fully saturated rings. The normalized spacial score (nSPS) is 14.4. The third-order valence-electron chi connectivity index (χ3n) is 3.48. The van der Waals surface area contributed by atoms with Crippen molar-refractivity contribution in [1.82, 2.24) is 0 Å². The zero-order valence-corrected chi connectivity index (χ0v) is 9.16. The maximum Gasteiger partial charge on any atom is 0.100 e. The summed E-state index contributed by atoms with van der Waals surface area (Å²) in [6, 6.07) is 12.9. The van der Waals surface area contributed by atoms with Gasteiger partial charge in [0.2, 0.25) is 0 Å². The van der Waals surface area contributed by atoms with Gasteiger partial charge in [-0.2, -0.15) is 5.26 Å². The van der Waals surface area contributed by atoms with Crippen LogP contribution in [-0.4, -0.2) is 0 Å². The molecule has 0 N–H and O–H groups in total. The van der Waals surface area contributed by atoms with E-state index in [1.54, 1.807) is 0 Å². The second-order valence-electron chi connectivity index (χ2n) is 4.43. The molecule has 0 aliphatic heterocycles. The van der Waals surface area contributed by atoms with E-state index in [-0.39, 0.29) is 0 Å². The lowest BCUT2D eigenvalue weighted by molar-refractivity contribution is 0.685. The summed E-state index contributed by atoms with van der Waals surface area (Å²) in [5.41, 5.74) is 3.60. The zero-order valence-electron chi connectivity index (χ0n) is 9.16. The molecule has 0 unspecified atom stereocenters. The van der Waals surface area contributed by atoms with Gasteiger partial charge in [0.1, 0.15) is 6.07 Å².